The minimum absolute atomic E-state index is 0.0780. The number of carbonyl (C=O) groups is 1. The number of hydrogen-bond donors (Lipinski definition) is 2. The van der Waals surface area contributed by atoms with Crippen molar-refractivity contribution < 1.29 is 14.6 Å². The molecule has 1 rings (SSSR count). The van der Waals surface area contributed by atoms with Crippen molar-refractivity contribution in [1.82, 2.24) is 5.32 Å². The Hall–Kier alpha value is -1.07. The lowest BCUT2D eigenvalue weighted by Crippen LogP contribution is -2.33. The van der Waals surface area contributed by atoms with Gasteiger partial charge in [-0.05, 0) is 37.6 Å². The molecule has 17 heavy (non-hydrogen) atoms. The van der Waals surface area contributed by atoms with Crippen LogP contribution in [0.4, 0.5) is 0 Å². The van der Waals surface area contributed by atoms with Gasteiger partial charge in [0.1, 0.15) is 11.8 Å². The zero-order valence-electron chi connectivity index (χ0n) is 10.0. The van der Waals surface area contributed by atoms with E-state index < -0.39 is 12.0 Å². The third-order valence-electron chi connectivity index (χ3n) is 2.26. The van der Waals surface area contributed by atoms with Gasteiger partial charge < -0.3 is 9.84 Å². The highest BCUT2D eigenvalue weighted by Crippen LogP contribution is 2.28. The summed E-state index contributed by atoms with van der Waals surface area (Å²) in [7, 11) is 1.55. The SMILES string of the molecule is COc1ccc(Br)c(C(NC(C)C)C(=O)O)c1. The standard InChI is InChI=1S/C12H16BrNO3/c1-7(2)14-11(12(15)16)9-6-8(17-3)4-5-10(9)13/h4-7,11,14H,1-3H3,(H,15,16). The molecule has 0 amide bonds. The first-order chi connectivity index (χ1) is 7.95. The van der Waals surface area contributed by atoms with Gasteiger partial charge in [-0.3, -0.25) is 10.1 Å². The number of aliphatic carboxylic acids is 1. The normalized spacial score (nSPS) is 12.5. The average molecular weight is 302 g/mol. The molecule has 0 aliphatic rings. The van der Waals surface area contributed by atoms with Gasteiger partial charge in [-0.15, -0.1) is 0 Å². The van der Waals surface area contributed by atoms with Crippen molar-refractivity contribution in [3.63, 3.8) is 0 Å². The number of methoxy groups -OCH3 is 1. The zero-order valence-corrected chi connectivity index (χ0v) is 11.6. The summed E-state index contributed by atoms with van der Waals surface area (Å²) in [6, 6.07) is 4.61. The van der Waals surface area contributed by atoms with Crippen LogP contribution in [0.25, 0.3) is 0 Å². The summed E-state index contributed by atoms with van der Waals surface area (Å²) in [5.74, 6) is -0.271. The first-order valence-electron chi connectivity index (χ1n) is 5.28. The van der Waals surface area contributed by atoms with E-state index in [1.165, 1.54) is 0 Å². The fourth-order valence-electron chi connectivity index (χ4n) is 1.50. The molecule has 0 fully saturated rings. The molecule has 0 aliphatic heterocycles. The molecule has 0 radical (unpaired) electrons. The molecular weight excluding hydrogens is 286 g/mol. The summed E-state index contributed by atoms with van der Waals surface area (Å²) < 4.78 is 5.85. The first kappa shape index (κ1) is 14.0. The fourth-order valence-corrected chi connectivity index (χ4v) is 1.97. The molecular formula is C12H16BrNO3. The van der Waals surface area contributed by atoms with Crippen LogP contribution in [0.1, 0.15) is 25.5 Å². The molecule has 0 spiro atoms. The Balaban J connectivity index is 3.12. The van der Waals surface area contributed by atoms with Gasteiger partial charge in [0.25, 0.3) is 0 Å². The van der Waals surface area contributed by atoms with E-state index in [4.69, 9.17) is 4.74 Å². The highest BCUT2D eigenvalue weighted by Gasteiger charge is 2.23. The van der Waals surface area contributed by atoms with Crippen molar-refractivity contribution in [1.29, 1.82) is 0 Å². The summed E-state index contributed by atoms with van der Waals surface area (Å²) in [5.41, 5.74) is 0.658. The molecule has 0 saturated heterocycles. The summed E-state index contributed by atoms with van der Waals surface area (Å²) >= 11 is 3.36. The van der Waals surface area contributed by atoms with Crippen LogP contribution in [0.2, 0.25) is 0 Å². The number of ether oxygens (including phenoxy) is 1. The molecule has 0 bridgehead atoms. The maximum atomic E-state index is 11.3. The number of nitrogens with one attached hydrogen (secondary N) is 1. The number of carboxylic acids is 1. The highest BCUT2D eigenvalue weighted by atomic mass is 79.9. The van der Waals surface area contributed by atoms with E-state index in [-0.39, 0.29) is 6.04 Å². The van der Waals surface area contributed by atoms with Crippen LogP contribution in [-0.4, -0.2) is 24.2 Å². The lowest BCUT2D eigenvalue weighted by molar-refractivity contribution is -0.139. The maximum Gasteiger partial charge on any atom is 0.325 e. The predicted octanol–water partition coefficient (Wildman–Crippen LogP) is 2.58. The molecule has 0 saturated carbocycles. The Bertz CT molecular complexity index is 407. The van der Waals surface area contributed by atoms with Gasteiger partial charge in [-0.25, -0.2) is 0 Å². The topological polar surface area (TPSA) is 58.6 Å². The summed E-state index contributed by atoms with van der Waals surface area (Å²) in [6.07, 6.45) is 0. The van der Waals surface area contributed by atoms with Gasteiger partial charge in [0.05, 0.1) is 7.11 Å². The molecule has 94 valence electrons. The largest absolute Gasteiger partial charge is 0.497 e. The Kier molecular flexibility index (Phi) is 4.96. The predicted molar refractivity (Wildman–Crippen MR) is 69.3 cm³/mol. The Morgan fingerprint density at radius 1 is 1.47 bits per heavy atom. The van der Waals surface area contributed by atoms with Crippen LogP contribution in [0.5, 0.6) is 5.75 Å². The Morgan fingerprint density at radius 2 is 2.12 bits per heavy atom. The summed E-state index contributed by atoms with van der Waals surface area (Å²) in [5, 5.41) is 12.2. The van der Waals surface area contributed by atoms with Crippen LogP contribution >= 0.6 is 15.9 Å². The number of halogens is 1. The lowest BCUT2D eigenvalue weighted by atomic mass is 10.1. The van der Waals surface area contributed by atoms with Gasteiger partial charge in [0.2, 0.25) is 0 Å². The van der Waals surface area contributed by atoms with Crippen molar-refractivity contribution in [3.8, 4) is 5.75 Å². The molecule has 1 unspecified atom stereocenters. The smallest absolute Gasteiger partial charge is 0.325 e. The molecule has 1 aromatic rings. The van der Waals surface area contributed by atoms with E-state index >= 15 is 0 Å². The summed E-state index contributed by atoms with van der Waals surface area (Å²) in [4.78, 5) is 11.3. The molecule has 0 aliphatic carbocycles. The van der Waals surface area contributed by atoms with E-state index in [1.54, 1.807) is 25.3 Å². The summed E-state index contributed by atoms with van der Waals surface area (Å²) in [6.45, 7) is 3.81. The molecule has 5 heteroatoms. The van der Waals surface area contributed by atoms with E-state index in [0.29, 0.717) is 11.3 Å². The zero-order chi connectivity index (χ0) is 13.0. The van der Waals surface area contributed by atoms with Crippen LogP contribution in [0.15, 0.2) is 22.7 Å². The van der Waals surface area contributed by atoms with Crippen molar-refractivity contribution >= 4 is 21.9 Å². The fraction of sp³-hybridized carbons (Fsp3) is 0.417. The molecule has 4 nitrogen and oxygen atoms in total. The second-order valence-electron chi connectivity index (χ2n) is 3.98. The number of carboxylic acid groups (broad SMARTS) is 1. The number of benzene rings is 1. The van der Waals surface area contributed by atoms with Crippen molar-refractivity contribution in [2.75, 3.05) is 7.11 Å². The number of hydrogen-bond acceptors (Lipinski definition) is 3. The van der Waals surface area contributed by atoms with E-state index in [9.17, 15) is 9.90 Å². The molecule has 1 atom stereocenters. The minimum atomic E-state index is -0.910. The first-order valence-corrected chi connectivity index (χ1v) is 6.07. The van der Waals surface area contributed by atoms with E-state index in [2.05, 4.69) is 21.2 Å². The molecule has 1 aromatic carbocycles. The van der Waals surface area contributed by atoms with Gasteiger partial charge in [0, 0.05) is 10.5 Å². The Labute approximate surface area is 109 Å². The third-order valence-corrected chi connectivity index (χ3v) is 2.98. The quantitative estimate of drug-likeness (QED) is 0.877. The second kappa shape index (κ2) is 6.02. The van der Waals surface area contributed by atoms with Gasteiger partial charge >= 0.3 is 5.97 Å². The van der Waals surface area contributed by atoms with Crippen LogP contribution in [0, 0.1) is 0 Å². The maximum absolute atomic E-state index is 11.3. The molecule has 0 aromatic heterocycles. The van der Waals surface area contributed by atoms with Crippen LogP contribution in [0.3, 0.4) is 0 Å². The van der Waals surface area contributed by atoms with E-state index in [0.717, 1.165) is 4.47 Å². The van der Waals surface area contributed by atoms with Gasteiger partial charge in [0.15, 0.2) is 0 Å². The van der Waals surface area contributed by atoms with Crippen LogP contribution < -0.4 is 10.1 Å². The lowest BCUT2D eigenvalue weighted by Gasteiger charge is -2.19. The second-order valence-corrected chi connectivity index (χ2v) is 4.83. The molecule has 2 N–H and O–H groups in total. The Morgan fingerprint density at radius 3 is 2.59 bits per heavy atom. The minimum Gasteiger partial charge on any atom is -0.497 e. The monoisotopic (exact) mass is 301 g/mol. The van der Waals surface area contributed by atoms with Gasteiger partial charge in [-0.1, -0.05) is 15.9 Å². The average Bonchev–Trinajstić information content (AvgIpc) is 2.26. The molecule has 0 heterocycles. The third kappa shape index (κ3) is 3.71. The highest BCUT2D eigenvalue weighted by molar-refractivity contribution is 9.10. The van der Waals surface area contributed by atoms with Crippen LogP contribution in [-0.2, 0) is 4.79 Å². The van der Waals surface area contributed by atoms with Crippen molar-refractivity contribution in [2.45, 2.75) is 25.9 Å². The van der Waals surface area contributed by atoms with E-state index in [1.807, 2.05) is 13.8 Å². The van der Waals surface area contributed by atoms with Crippen molar-refractivity contribution in [3.05, 3.63) is 28.2 Å². The van der Waals surface area contributed by atoms with Gasteiger partial charge in [-0.2, -0.15) is 0 Å². The number of rotatable bonds is 5. The van der Waals surface area contributed by atoms with Crippen molar-refractivity contribution in [2.24, 2.45) is 0 Å².